The summed E-state index contributed by atoms with van der Waals surface area (Å²) < 4.78 is 13.6. The first-order valence-corrected chi connectivity index (χ1v) is 5.45. The van der Waals surface area contributed by atoms with Gasteiger partial charge in [-0.1, -0.05) is 29.8 Å². The number of hydrogen-bond donors (Lipinski definition) is 2. The summed E-state index contributed by atoms with van der Waals surface area (Å²) in [6.45, 7) is 6.62. The number of benzene rings is 1. The number of halogens is 2. The molecule has 4 heteroatoms. The van der Waals surface area contributed by atoms with Crippen LogP contribution in [0.2, 0.25) is 5.02 Å². The molecule has 88 valence electrons. The van der Waals surface area contributed by atoms with Crippen LogP contribution in [0.15, 0.2) is 30.4 Å². The van der Waals surface area contributed by atoms with Crippen molar-refractivity contribution in [3.8, 4) is 0 Å². The van der Waals surface area contributed by atoms with Crippen LogP contribution in [0.4, 0.5) is 4.39 Å². The Kier molecular flexibility index (Phi) is 4.93. The van der Waals surface area contributed by atoms with Crippen molar-refractivity contribution in [1.29, 1.82) is 0 Å². The van der Waals surface area contributed by atoms with Crippen molar-refractivity contribution in [2.45, 2.75) is 13.0 Å². The normalized spacial score (nSPS) is 12.5. The number of hydrogen-bond acceptors (Lipinski definition) is 2. The maximum atomic E-state index is 13.6. The molecule has 0 fully saturated rings. The van der Waals surface area contributed by atoms with Crippen molar-refractivity contribution in [1.82, 2.24) is 5.32 Å². The van der Waals surface area contributed by atoms with E-state index in [1.54, 1.807) is 12.1 Å². The SMILES string of the molecule is C=C(C)CNC(CN)c1ccc(Cl)cc1F. The Hall–Kier alpha value is -0.900. The van der Waals surface area contributed by atoms with Crippen molar-refractivity contribution in [2.24, 2.45) is 5.73 Å². The maximum Gasteiger partial charge on any atom is 0.129 e. The third kappa shape index (κ3) is 3.59. The lowest BCUT2D eigenvalue weighted by atomic mass is 10.1. The minimum atomic E-state index is -0.336. The molecule has 0 bridgehead atoms. The van der Waals surface area contributed by atoms with Gasteiger partial charge in [-0.05, 0) is 19.1 Å². The molecule has 0 aromatic heterocycles. The molecule has 0 amide bonds. The van der Waals surface area contributed by atoms with E-state index < -0.39 is 0 Å². The van der Waals surface area contributed by atoms with Crippen molar-refractivity contribution in [3.05, 3.63) is 46.8 Å². The van der Waals surface area contributed by atoms with Crippen LogP contribution in [0.3, 0.4) is 0 Å². The summed E-state index contributed by atoms with van der Waals surface area (Å²) in [6.07, 6.45) is 0. The van der Waals surface area contributed by atoms with E-state index in [4.69, 9.17) is 17.3 Å². The fraction of sp³-hybridized carbons (Fsp3) is 0.333. The first-order chi connectivity index (χ1) is 7.54. The summed E-state index contributed by atoms with van der Waals surface area (Å²) in [6, 6.07) is 4.39. The standard InChI is InChI=1S/C12H16ClFN2/c1-8(2)7-16-12(6-15)10-4-3-9(13)5-11(10)14/h3-5,12,16H,1,6-7,15H2,2H3. The average molecular weight is 243 g/mol. The van der Waals surface area contributed by atoms with Gasteiger partial charge in [0.15, 0.2) is 0 Å². The molecule has 0 heterocycles. The molecule has 1 atom stereocenters. The highest BCUT2D eigenvalue weighted by Gasteiger charge is 2.13. The molecule has 1 unspecified atom stereocenters. The maximum absolute atomic E-state index is 13.6. The summed E-state index contributed by atoms with van der Waals surface area (Å²) >= 11 is 5.69. The molecular formula is C12H16ClFN2. The molecule has 0 aliphatic carbocycles. The summed E-state index contributed by atoms with van der Waals surface area (Å²) in [7, 11) is 0. The molecule has 0 radical (unpaired) electrons. The van der Waals surface area contributed by atoms with E-state index in [0.717, 1.165) is 5.57 Å². The topological polar surface area (TPSA) is 38.0 Å². The van der Waals surface area contributed by atoms with Crippen LogP contribution in [0.1, 0.15) is 18.5 Å². The number of nitrogens with two attached hydrogens (primary N) is 1. The summed E-state index contributed by atoms with van der Waals surface area (Å²) in [4.78, 5) is 0. The zero-order valence-electron chi connectivity index (χ0n) is 9.26. The Morgan fingerprint density at radius 1 is 1.62 bits per heavy atom. The quantitative estimate of drug-likeness (QED) is 0.779. The van der Waals surface area contributed by atoms with Gasteiger partial charge in [-0.3, -0.25) is 0 Å². The van der Waals surface area contributed by atoms with Gasteiger partial charge in [-0.2, -0.15) is 0 Å². The van der Waals surface area contributed by atoms with Crippen molar-refractivity contribution < 1.29 is 4.39 Å². The van der Waals surface area contributed by atoms with Gasteiger partial charge in [0, 0.05) is 29.7 Å². The Morgan fingerprint density at radius 2 is 2.31 bits per heavy atom. The molecule has 1 aromatic rings. The van der Waals surface area contributed by atoms with Crippen LogP contribution in [0.5, 0.6) is 0 Å². The highest BCUT2D eigenvalue weighted by atomic mass is 35.5. The monoisotopic (exact) mass is 242 g/mol. The van der Waals surface area contributed by atoms with Crippen LogP contribution in [0.25, 0.3) is 0 Å². The minimum Gasteiger partial charge on any atom is -0.329 e. The molecule has 0 aliphatic heterocycles. The van der Waals surface area contributed by atoms with E-state index in [1.165, 1.54) is 6.07 Å². The number of nitrogens with one attached hydrogen (secondary N) is 1. The zero-order chi connectivity index (χ0) is 12.1. The number of rotatable bonds is 5. The summed E-state index contributed by atoms with van der Waals surface area (Å²) in [5.74, 6) is -0.336. The second-order valence-corrected chi connectivity index (χ2v) is 4.23. The van der Waals surface area contributed by atoms with Crippen molar-refractivity contribution in [3.63, 3.8) is 0 Å². The van der Waals surface area contributed by atoms with Gasteiger partial charge < -0.3 is 11.1 Å². The largest absolute Gasteiger partial charge is 0.329 e. The molecular weight excluding hydrogens is 227 g/mol. The van der Waals surface area contributed by atoms with Crippen molar-refractivity contribution >= 4 is 11.6 Å². The van der Waals surface area contributed by atoms with Crippen LogP contribution in [-0.4, -0.2) is 13.1 Å². The molecule has 0 saturated heterocycles. The van der Waals surface area contributed by atoms with E-state index in [-0.39, 0.29) is 11.9 Å². The van der Waals surface area contributed by atoms with Gasteiger partial charge in [0.1, 0.15) is 5.82 Å². The molecule has 16 heavy (non-hydrogen) atoms. The van der Waals surface area contributed by atoms with Gasteiger partial charge in [0.2, 0.25) is 0 Å². The Morgan fingerprint density at radius 3 is 2.81 bits per heavy atom. The van der Waals surface area contributed by atoms with Crippen LogP contribution < -0.4 is 11.1 Å². The second kappa shape index (κ2) is 5.99. The second-order valence-electron chi connectivity index (χ2n) is 3.79. The molecule has 1 aromatic carbocycles. The first kappa shape index (κ1) is 13.2. The van der Waals surface area contributed by atoms with E-state index in [0.29, 0.717) is 23.7 Å². The molecule has 0 saturated carbocycles. The lowest BCUT2D eigenvalue weighted by molar-refractivity contribution is 0.523. The predicted molar refractivity (Wildman–Crippen MR) is 66.0 cm³/mol. The smallest absolute Gasteiger partial charge is 0.129 e. The van der Waals surface area contributed by atoms with E-state index in [9.17, 15) is 4.39 Å². The highest BCUT2D eigenvalue weighted by Crippen LogP contribution is 2.20. The fourth-order valence-electron chi connectivity index (χ4n) is 1.40. The predicted octanol–water partition coefficient (Wildman–Crippen LogP) is 2.64. The average Bonchev–Trinajstić information content (AvgIpc) is 2.21. The summed E-state index contributed by atoms with van der Waals surface area (Å²) in [5, 5.41) is 3.52. The molecule has 3 N–H and O–H groups in total. The first-order valence-electron chi connectivity index (χ1n) is 5.07. The van der Waals surface area contributed by atoms with Crippen LogP contribution >= 0.6 is 11.6 Å². The Balaban J connectivity index is 2.82. The minimum absolute atomic E-state index is 0.214. The third-order valence-electron chi connectivity index (χ3n) is 2.22. The molecule has 0 spiro atoms. The third-order valence-corrected chi connectivity index (χ3v) is 2.46. The highest BCUT2D eigenvalue weighted by molar-refractivity contribution is 6.30. The fourth-order valence-corrected chi connectivity index (χ4v) is 1.56. The Labute approximate surface area is 100 Å². The van der Waals surface area contributed by atoms with Gasteiger partial charge >= 0.3 is 0 Å². The lowest BCUT2D eigenvalue weighted by Gasteiger charge is -2.18. The van der Waals surface area contributed by atoms with Gasteiger partial charge in [-0.15, -0.1) is 0 Å². The molecule has 2 nitrogen and oxygen atoms in total. The summed E-state index contributed by atoms with van der Waals surface area (Å²) in [5.41, 5.74) is 7.12. The van der Waals surface area contributed by atoms with E-state index in [1.807, 2.05) is 6.92 Å². The molecule has 1 rings (SSSR count). The molecule has 0 aliphatic rings. The van der Waals surface area contributed by atoms with Crippen molar-refractivity contribution in [2.75, 3.05) is 13.1 Å². The van der Waals surface area contributed by atoms with Crippen LogP contribution in [0, 0.1) is 5.82 Å². The Bertz CT molecular complexity index is 379. The van der Waals surface area contributed by atoms with Gasteiger partial charge in [0.05, 0.1) is 0 Å². The van der Waals surface area contributed by atoms with E-state index >= 15 is 0 Å². The zero-order valence-corrected chi connectivity index (χ0v) is 10.0. The van der Waals surface area contributed by atoms with Gasteiger partial charge in [0.25, 0.3) is 0 Å². The lowest BCUT2D eigenvalue weighted by Crippen LogP contribution is -2.30. The van der Waals surface area contributed by atoms with E-state index in [2.05, 4.69) is 11.9 Å². The van der Waals surface area contributed by atoms with Gasteiger partial charge in [-0.25, -0.2) is 4.39 Å². The van der Waals surface area contributed by atoms with Crippen LogP contribution in [-0.2, 0) is 0 Å².